The zero-order valence-corrected chi connectivity index (χ0v) is 20.4. The normalized spacial score (nSPS) is 19.9. The SMILES string of the molecule is COC(=O)c1ccc(C2CC2)c(S(=O)(=O)Nc2cc(C#N)c(Cl)cc2OC2CCCC2OC)c1. The van der Waals surface area contributed by atoms with E-state index in [1.165, 1.54) is 25.3 Å². The van der Waals surface area contributed by atoms with E-state index in [2.05, 4.69) is 4.72 Å². The van der Waals surface area contributed by atoms with Gasteiger partial charge in [-0.05, 0) is 61.8 Å². The van der Waals surface area contributed by atoms with Crippen LogP contribution in [-0.2, 0) is 19.5 Å². The molecule has 0 spiro atoms. The van der Waals surface area contributed by atoms with E-state index < -0.39 is 16.0 Å². The summed E-state index contributed by atoms with van der Waals surface area (Å²) >= 11 is 6.23. The number of nitriles is 1. The molecule has 34 heavy (non-hydrogen) atoms. The number of benzene rings is 2. The number of ether oxygens (including phenoxy) is 3. The van der Waals surface area contributed by atoms with Crippen LogP contribution >= 0.6 is 11.6 Å². The van der Waals surface area contributed by atoms with Gasteiger partial charge >= 0.3 is 5.97 Å². The van der Waals surface area contributed by atoms with Gasteiger partial charge in [0.2, 0.25) is 0 Å². The predicted molar refractivity (Wildman–Crippen MR) is 126 cm³/mol. The summed E-state index contributed by atoms with van der Waals surface area (Å²) in [5.74, 6) is -0.318. The average Bonchev–Trinajstić information content (AvgIpc) is 3.58. The van der Waals surface area contributed by atoms with Crippen LogP contribution in [0.25, 0.3) is 0 Å². The fourth-order valence-electron chi connectivity index (χ4n) is 4.22. The van der Waals surface area contributed by atoms with E-state index in [0.717, 1.165) is 32.1 Å². The van der Waals surface area contributed by atoms with Crippen molar-refractivity contribution in [2.75, 3.05) is 18.9 Å². The Balaban J connectivity index is 1.74. The molecule has 2 unspecified atom stereocenters. The molecule has 2 aliphatic carbocycles. The van der Waals surface area contributed by atoms with E-state index in [4.69, 9.17) is 25.8 Å². The first kappa shape index (κ1) is 24.3. The zero-order chi connectivity index (χ0) is 24.5. The molecule has 2 aromatic rings. The number of carbonyl (C=O) groups is 1. The highest BCUT2D eigenvalue weighted by atomic mass is 35.5. The van der Waals surface area contributed by atoms with Gasteiger partial charge in [0.15, 0.2) is 0 Å². The summed E-state index contributed by atoms with van der Waals surface area (Å²) in [6.45, 7) is 0. The molecule has 2 atom stereocenters. The minimum atomic E-state index is -4.15. The summed E-state index contributed by atoms with van der Waals surface area (Å²) < 4.78 is 46.0. The lowest BCUT2D eigenvalue weighted by atomic mass is 10.1. The quantitative estimate of drug-likeness (QED) is 0.521. The maximum Gasteiger partial charge on any atom is 0.337 e. The number of rotatable bonds is 8. The molecule has 2 aromatic carbocycles. The Morgan fingerprint density at radius 1 is 1.12 bits per heavy atom. The van der Waals surface area contributed by atoms with Gasteiger partial charge in [0.1, 0.15) is 17.9 Å². The Kier molecular flexibility index (Phi) is 7.03. The number of nitrogens with zero attached hydrogens (tertiary/aromatic N) is 1. The van der Waals surface area contributed by atoms with Gasteiger partial charge < -0.3 is 14.2 Å². The molecule has 0 heterocycles. The number of methoxy groups -OCH3 is 2. The molecule has 0 aliphatic heterocycles. The number of halogens is 1. The number of anilines is 1. The van der Waals surface area contributed by atoms with Crippen molar-refractivity contribution in [3.05, 3.63) is 52.0 Å². The highest BCUT2D eigenvalue weighted by Gasteiger charge is 2.33. The van der Waals surface area contributed by atoms with Crippen molar-refractivity contribution in [1.29, 1.82) is 5.26 Å². The maximum atomic E-state index is 13.6. The van der Waals surface area contributed by atoms with Crippen molar-refractivity contribution in [2.45, 2.75) is 55.1 Å². The fraction of sp³-hybridized carbons (Fsp3) is 0.417. The van der Waals surface area contributed by atoms with E-state index in [-0.39, 0.29) is 50.6 Å². The van der Waals surface area contributed by atoms with Crippen LogP contribution in [0.15, 0.2) is 35.2 Å². The number of sulfonamides is 1. The largest absolute Gasteiger partial charge is 0.485 e. The molecule has 0 aromatic heterocycles. The zero-order valence-electron chi connectivity index (χ0n) is 18.8. The molecule has 1 N–H and O–H groups in total. The molecule has 2 fully saturated rings. The molecular formula is C24H25ClN2O6S. The first-order chi connectivity index (χ1) is 16.3. The second-order valence-corrected chi connectivity index (χ2v) is 10.5. The van der Waals surface area contributed by atoms with Crippen LogP contribution in [0.4, 0.5) is 5.69 Å². The molecule has 0 saturated heterocycles. The summed E-state index contributed by atoms with van der Waals surface area (Å²) in [6.07, 6.45) is 3.83. The van der Waals surface area contributed by atoms with E-state index in [9.17, 15) is 18.5 Å². The van der Waals surface area contributed by atoms with E-state index >= 15 is 0 Å². The number of esters is 1. The smallest absolute Gasteiger partial charge is 0.337 e. The first-order valence-electron chi connectivity index (χ1n) is 11.0. The van der Waals surface area contributed by atoms with E-state index in [0.29, 0.717) is 5.56 Å². The van der Waals surface area contributed by atoms with Crippen LogP contribution in [0, 0.1) is 11.3 Å². The van der Waals surface area contributed by atoms with Crippen LogP contribution in [0.1, 0.15) is 59.5 Å². The van der Waals surface area contributed by atoms with Crippen molar-refractivity contribution in [3.63, 3.8) is 0 Å². The molecule has 0 amide bonds. The Bertz CT molecular complexity index is 1250. The Labute approximate surface area is 203 Å². The molecule has 180 valence electrons. The maximum absolute atomic E-state index is 13.6. The molecule has 8 nitrogen and oxygen atoms in total. The second kappa shape index (κ2) is 9.82. The molecule has 4 rings (SSSR count). The molecule has 10 heteroatoms. The average molecular weight is 505 g/mol. The Morgan fingerprint density at radius 3 is 2.50 bits per heavy atom. The van der Waals surface area contributed by atoms with Gasteiger partial charge in [-0.2, -0.15) is 5.26 Å². The van der Waals surface area contributed by atoms with Gasteiger partial charge in [0.05, 0.1) is 39.9 Å². The first-order valence-corrected chi connectivity index (χ1v) is 12.8. The van der Waals surface area contributed by atoms with E-state index in [1.54, 1.807) is 19.2 Å². The Hall–Kier alpha value is -2.80. The summed E-state index contributed by atoms with van der Waals surface area (Å²) in [4.78, 5) is 12.0. The van der Waals surface area contributed by atoms with Crippen molar-refractivity contribution >= 4 is 33.3 Å². The summed E-state index contributed by atoms with van der Waals surface area (Å²) in [7, 11) is -1.30. The fourth-order valence-corrected chi connectivity index (χ4v) is 5.80. The van der Waals surface area contributed by atoms with Gasteiger partial charge in [-0.1, -0.05) is 17.7 Å². The van der Waals surface area contributed by atoms with Crippen LogP contribution in [0.5, 0.6) is 5.75 Å². The number of nitrogens with one attached hydrogen (secondary N) is 1. The molecule has 0 bridgehead atoms. The minimum Gasteiger partial charge on any atom is -0.485 e. The van der Waals surface area contributed by atoms with E-state index in [1.807, 2.05) is 6.07 Å². The third-order valence-electron chi connectivity index (χ3n) is 6.15. The molecule has 2 saturated carbocycles. The monoisotopic (exact) mass is 504 g/mol. The van der Waals surface area contributed by atoms with Crippen molar-refractivity contribution in [2.24, 2.45) is 0 Å². The molecule has 2 aliphatic rings. The highest BCUT2D eigenvalue weighted by Crippen LogP contribution is 2.44. The molecule has 0 radical (unpaired) electrons. The van der Waals surface area contributed by atoms with Crippen LogP contribution < -0.4 is 9.46 Å². The third kappa shape index (κ3) is 4.99. The lowest BCUT2D eigenvalue weighted by Crippen LogP contribution is -2.28. The molecular weight excluding hydrogens is 480 g/mol. The number of carbonyl (C=O) groups excluding carboxylic acids is 1. The van der Waals surface area contributed by atoms with Gasteiger partial charge in [-0.15, -0.1) is 0 Å². The van der Waals surface area contributed by atoms with Gasteiger partial charge in [0, 0.05) is 13.2 Å². The Morgan fingerprint density at radius 2 is 1.85 bits per heavy atom. The number of hydrogen-bond donors (Lipinski definition) is 1. The van der Waals surface area contributed by atoms with Crippen molar-refractivity contribution < 1.29 is 27.4 Å². The van der Waals surface area contributed by atoms with Crippen LogP contribution in [0.2, 0.25) is 5.02 Å². The summed E-state index contributed by atoms with van der Waals surface area (Å²) in [5.41, 5.74) is 0.957. The van der Waals surface area contributed by atoms with Crippen LogP contribution in [0.3, 0.4) is 0 Å². The standard InChI is InChI=1S/C24H25ClN2O6S/c1-31-20-4-3-5-21(20)33-22-12-18(25)16(13-26)10-19(22)27-34(29,30)23-11-15(24(28)32-2)8-9-17(23)14-6-7-14/h8-12,14,20-21,27H,3-7H2,1-2H3. The van der Waals surface area contributed by atoms with Crippen LogP contribution in [-0.4, -0.2) is 40.8 Å². The van der Waals surface area contributed by atoms with Gasteiger partial charge in [-0.25, -0.2) is 13.2 Å². The second-order valence-electron chi connectivity index (χ2n) is 8.43. The summed E-state index contributed by atoms with van der Waals surface area (Å²) in [5, 5.41) is 9.59. The van der Waals surface area contributed by atoms with Crippen molar-refractivity contribution in [3.8, 4) is 11.8 Å². The predicted octanol–water partition coefficient (Wildman–Crippen LogP) is 4.62. The van der Waals surface area contributed by atoms with Crippen molar-refractivity contribution in [1.82, 2.24) is 0 Å². The topological polar surface area (TPSA) is 115 Å². The van der Waals surface area contributed by atoms with Gasteiger partial charge in [-0.3, -0.25) is 4.72 Å². The minimum absolute atomic E-state index is 0.00654. The summed E-state index contributed by atoms with van der Waals surface area (Å²) in [6, 6.07) is 9.30. The lowest BCUT2D eigenvalue weighted by Gasteiger charge is -2.23. The number of hydrogen-bond acceptors (Lipinski definition) is 7. The van der Waals surface area contributed by atoms with Gasteiger partial charge in [0.25, 0.3) is 10.0 Å². The lowest BCUT2D eigenvalue weighted by molar-refractivity contribution is 0.0232. The third-order valence-corrected chi connectivity index (χ3v) is 7.88. The highest BCUT2D eigenvalue weighted by molar-refractivity contribution is 7.92.